The van der Waals surface area contributed by atoms with Crippen molar-refractivity contribution in [3.05, 3.63) is 79.0 Å². The van der Waals surface area contributed by atoms with Crippen LogP contribution in [0.2, 0.25) is 0 Å². The number of hydrogen-bond donors (Lipinski definition) is 1. The van der Waals surface area contributed by atoms with E-state index in [1.807, 2.05) is 11.8 Å². The maximum absolute atomic E-state index is 17.0. The first-order valence-electron chi connectivity index (χ1n) is 16.7. The minimum absolute atomic E-state index is 0.0653. The van der Waals surface area contributed by atoms with Crippen LogP contribution in [0.1, 0.15) is 31.7 Å². The number of carbonyl (C=O) groups is 1. The fourth-order valence-electron chi connectivity index (χ4n) is 7.43. The summed E-state index contributed by atoms with van der Waals surface area (Å²) in [5.41, 5.74) is -0.679. The minimum atomic E-state index is -1.15. The number of likely N-dealkylation sites (N-methyl/N-ethyl adjacent to an activating group) is 1. The predicted molar refractivity (Wildman–Crippen MR) is 191 cm³/mol. The Balaban J connectivity index is 1.34. The molecule has 266 valence electrons. The lowest BCUT2D eigenvalue weighted by molar-refractivity contribution is -0.126. The lowest BCUT2D eigenvalue weighted by Gasteiger charge is -2.35. The molecule has 2 aliphatic heterocycles. The average Bonchev–Trinajstić information content (AvgIpc) is 3.73. The quantitative estimate of drug-likeness (QED) is 0.153. The van der Waals surface area contributed by atoms with Gasteiger partial charge >= 0.3 is 6.01 Å². The second-order valence-electron chi connectivity index (χ2n) is 13.4. The second kappa shape index (κ2) is 13.6. The van der Waals surface area contributed by atoms with Crippen molar-refractivity contribution in [3.63, 3.8) is 0 Å². The number of amides is 1. The number of alkyl halides is 1. The van der Waals surface area contributed by atoms with Gasteiger partial charge in [0.2, 0.25) is 5.91 Å². The number of hydrogen-bond acceptors (Lipinski definition) is 10. The van der Waals surface area contributed by atoms with Gasteiger partial charge in [-0.3, -0.25) is 9.78 Å². The summed E-state index contributed by atoms with van der Waals surface area (Å²) in [7, 11) is 1.76. The zero-order valence-electron chi connectivity index (χ0n) is 28.6. The number of phenolic OH excluding ortho intramolecular Hbond substituents is 1. The fourth-order valence-corrected chi connectivity index (χ4v) is 7.43. The van der Waals surface area contributed by atoms with E-state index in [0.29, 0.717) is 24.2 Å². The Morgan fingerprint density at radius 3 is 2.77 bits per heavy atom. The molecule has 0 radical (unpaired) electrons. The molecule has 11 nitrogen and oxygen atoms in total. The standard InChI is InChI=1S/C38H35F3N8O3/c1-5-27-30(40)10-9-22-12-26(50)13-28(32(22)27)34-33(41)35-29(17-44-34)36(47(4)19-24-8-7-11-48(24)31(51)6-2)46-37(45-35)52-20-38(3)14-23(39)18-49(38)25-15-42-21-43-16-25/h1,6,9-10,12-13,15-17,21,23-24,50H,2,7-8,11,14,18-20H2,3-4H3/t23-,24+,38+/m1/s1. The van der Waals surface area contributed by atoms with E-state index in [1.165, 1.54) is 42.9 Å². The third-order valence-electron chi connectivity index (χ3n) is 9.84. The number of terminal acetylenes is 1. The topological polar surface area (TPSA) is 121 Å². The normalized spacial score (nSPS) is 20.0. The number of benzene rings is 2. The molecule has 3 aromatic heterocycles. The molecule has 1 amide bonds. The number of nitrogens with zero attached hydrogens (tertiary/aromatic N) is 8. The number of aromatic hydroxyl groups is 1. The second-order valence-corrected chi connectivity index (χ2v) is 13.4. The first-order chi connectivity index (χ1) is 25.0. The van der Waals surface area contributed by atoms with Gasteiger partial charge < -0.3 is 24.5 Å². The number of aromatic nitrogens is 5. The summed E-state index contributed by atoms with van der Waals surface area (Å²) in [4.78, 5) is 39.7. The first-order valence-corrected chi connectivity index (χ1v) is 16.7. The Hall–Kier alpha value is -5.97. The summed E-state index contributed by atoms with van der Waals surface area (Å²) in [6.07, 6.45) is 13.5. The van der Waals surface area contributed by atoms with Gasteiger partial charge in [-0.2, -0.15) is 9.97 Å². The molecule has 3 atom stereocenters. The SMILES string of the molecule is C#Cc1c(F)ccc2cc(O)cc(-c3ncc4c(N(C)C[C@@H]5CCCN5C(=O)C=C)nc(OC[C@]5(C)C[C@@H](F)CN5c5cncnc5)nc4c3F)c12. The molecule has 0 bridgehead atoms. The number of carbonyl (C=O) groups excluding carboxylic acids is 1. The molecule has 14 heteroatoms. The Bertz CT molecular complexity index is 2250. The van der Waals surface area contributed by atoms with Gasteiger partial charge in [0.25, 0.3) is 0 Å². The number of halogens is 3. The zero-order chi connectivity index (χ0) is 36.7. The molecule has 2 aliphatic rings. The van der Waals surface area contributed by atoms with Crippen molar-refractivity contribution in [2.45, 2.75) is 43.9 Å². The average molecular weight is 709 g/mol. The van der Waals surface area contributed by atoms with Gasteiger partial charge in [0, 0.05) is 49.7 Å². The van der Waals surface area contributed by atoms with E-state index >= 15 is 4.39 Å². The van der Waals surface area contributed by atoms with Gasteiger partial charge in [-0.15, -0.1) is 6.42 Å². The van der Waals surface area contributed by atoms with E-state index in [-0.39, 0.29) is 82.2 Å². The van der Waals surface area contributed by atoms with Gasteiger partial charge in [0.1, 0.15) is 47.7 Å². The monoisotopic (exact) mass is 708 g/mol. The molecule has 1 N–H and O–H groups in total. The van der Waals surface area contributed by atoms with Crippen LogP contribution in [-0.2, 0) is 4.79 Å². The van der Waals surface area contributed by atoms with Crippen LogP contribution < -0.4 is 14.5 Å². The Kier molecular flexibility index (Phi) is 9.04. The Morgan fingerprint density at radius 2 is 2.02 bits per heavy atom. The molecule has 2 aromatic carbocycles. The van der Waals surface area contributed by atoms with Crippen molar-refractivity contribution >= 4 is 39.1 Å². The summed E-state index contributed by atoms with van der Waals surface area (Å²) in [6, 6.07) is 4.94. The van der Waals surface area contributed by atoms with Gasteiger partial charge in [-0.1, -0.05) is 18.6 Å². The molecule has 0 aliphatic carbocycles. The van der Waals surface area contributed by atoms with Crippen molar-refractivity contribution in [2.24, 2.45) is 0 Å². The molecule has 2 saturated heterocycles. The first kappa shape index (κ1) is 34.5. The predicted octanol–water partition coefficient (Wildman–Crippen LogP) is 5.60. The van der Waals surface area contributed by atoms with Crippen molar-refractivity contribution in [3.8, 4) is 35.4 Å². The van der Waals surface area contributed by atoms with Crippen LogP contribution in [-0.4, -0.2) is 91.9 Å². The summed E-state index contributed by atoms with van der Waals surface area (Å²) >= 11 is 0. The zero-order valence-corrected chi connectivity index (χ0v) is 28.6. The molecule has 7 rings (SSSR count). The van der Waals surface area contributed by atoms with Crippen LogP contribution >= 0.6 is 0 Å². The van der Waals surface area contributed by atoms with E-state index in [2.05, 4.69) is 32.4 Å². The van der Waals surface area contributed by atoms with Crippen molar-refractivity contribution in [1.82, 2.24) is 29.8 Å². The highest BCUT2D eigenvalue weighted by Gasteiger charge is 2.44. The minimum Gasteiger partial charge on any atom is -0.508 e. The highest BCUT2D eigenvalue weighted by atomic mass is 19.1. The van der Waals surface area contributed by atoms with Crippen molar-refractivity contribution < 1.29 is 27.8 Å². The van der Waals surface area contributed by atoms with E-state index in [9.17, 15) is 18.7 Å². The molecular formula is C38H35F3N8O3. The van der Waals surface area contributed by atoms with Crippen LogP contribution in [0.4, 0.5) is 24.7 Å². The molecule has 0 saturated carbocycles. The van der Waals surface area contributed by atoms with Crippen molar-refractivity contribution in [2.75, 3.05) is 43.1 Å². The highest BCUT2D eigenvalue weighted by molar-refractivity contribution is 6.03. The van der Waals surface area contributed by atoms with Crippen LogP contribution in [0.5, 0.6) is 11.8 Å². The van der Waals surface area contributed by atoms with Gasteiger partial charge in [-0.25, -0.2) is 23.1 Å². The Morgan fingerprint density at radius 1 is 1.23 bits per heavy atom. The van der Waals surface area contributed by atoms with E-state index in [1.54, 1.807) is 29.2 Å². The third-order valence-corrected chi connectivity index (χ3v) is 9.84. The van der Waals surface area contributed by atoms with Gasteiger partial charge in [0.05, 0.1) is 41.1 Å². The summed E-state index contributed by atoms with van der Waals surface area (Å²) in [6.45, 7) is 6.43. The van der Waals surface area contributed by atoms with Gasteiger partial charge in [0.15, 0.2) is 5.82 Å². The highest BCUT2D eigenvalue weighted by Crippen LogP contribution is 2.40. The number of phenols is 1. The van der Waals surface area contributed by atoms with E-state index < -0.39 is 23.3 Å². The number of pyridine rings is 1. The maximum atomic E-state index is 17.0. The number of ether oxygens (including phenoxy) is 1. The molecular weight excluding hydrogens is 673 g/mol. The number of anilines is 2. The van der Waals surface area contributed by atoms with Gasteiger partial charge in [-0.05, 0) is 49.4 Å². The van der Waals surface area contributed by atoms with Crippen LogP contribution in [0.3, 0.4) is 0 Å². The largest absolute Gasteiger partial charge is 0.508 e. The summed E-state index contributed by atoms with van der Waals surface area (Å²) < 4.78 is 53.0. The lowest BCUT2D eigenvalue weighted by Crippen LogP contribution is -2.46. The summed E-state index contributed by atoms with van der Waals surface area (Å²) in [5, 5.41) is 11.4. The van der Waals surface area contributed by atoms with Crippen molar-refractivity contribution in [1.29, 1.82) is 0 Å². The molecule has 0 spiro atoms. The molecule has 2 fully saturated rings. The Labute approximate surface area is 297 Å². The lowest BCUT2D eigenvalue weighted by atomic mass is 9.96. The number of rotatable bonds is 9. The fraction of sp³-hybridized carbons (Fsp3) is 0.316. The van der Waals surface area contributed by atoms with E-state index in [0.717, 1.165) is 12.8 Å². The number of likely N-dealkylation sites (tertiary alicyclic amines) is 1. The van der Waals surface area contributed by atoms with Crippen LogP contribution in [0, 0.1) is 24.0 Å². The number of fused-ring (bicyclic) bond motifs is 2. The molecule has 52 heavy (non-hydrogen) atoms. The van der Waals surface area contributed by atoms with E-state index in [4.69, 9.17) is 16.1 Å². The smallest absolute Gasteiger partial charge is 0.319 e. The maximum Gasteiger partial charge on any atom is 0.319 e. The van der Waals surface area contributed by atoms with Crippen LogP contribution in [0.15, 0.2) is 61.8 Å². The molecule has 0 unspecified atom stereocenters. The third kappa shape index (κ3) is 6.16. The molecule has 5 heterocycles. The molecule has 5 aromatic rings. The van der Waals surface area contributed by atoms with Crippen LogP contribution in [0.25, 0.3) is 32.9 Å². The summed E-state index contributed by atoms with van der Waals surface area (Å²) in [5.74, 6) is 0.656.